The maximum atomic E-state index is 11.4. The number of hydrogen-bond donors (Lipinski definition) is 0. The summed E-state index contributed by atoms with van der Waals surface area (Å²) in [6.45, 7) is 3.73. The Kier molecular flexibility index (Phi) is 4.90. The van der Waals surface area contributed by atoms with Gasteiger partial charge < -0.3 is 9.64 Å². The van der Waals surface area contributed by atoms with Gasteiger partial charge in [0, 0.05) is 38.6 Å². The third-order valence-corrected chi connectivity index (χ3v) is 3.87. The van der Waals surface area contributed by atoms with E-state index in [0.717, 1.165) is 38.3 Å². The van der Waals surface area contributed by atoms with Gasteiger partial charge in [0.1, 0.15) is 0 Å². The minimum absolute atomic E-state index is 0.126. The van der Waals surface area contributed by atoms with Crippen LogP contribution < -0.4 is 4.90 Å². The summed E-state index contributed by atoms with van der Waals surface area (Å²) in [5.74, 6) is 0.246. The van der Waals surface area contributed by atoms with Gasteiger partial charge in [0.15, 0.2) is 5.78 Å². The number of nitrogens with zero attached hydrogens (tertiary/aromatic N) is 2. The van der Waals surface area contributed by atoms with Crippen molar-refractivity contribution in [1.29, 1.82) is 0 Å². The molecule has 6 nitrogen and oxygen atoms in total. The van der Waals surface area contributed by atoms with E-state index in [4.69, 9.17) is 4.74 Å². The van der Waals surface area contributed by atoms with Gasteiger partial charge in [0.2, 0.25) is 0 Å². The Labute approximate surface area is 123 Å². The van der Waals surface area contributed by atoms with Crippen LogP contribution in [0.2, 0.25) is 0 Å². The molecule has 1 aliphatic heterocycles. The van der Waals surface area contributed by atoms with E-state index in [1.54, 1.807) is 6.07 Å². The molecule has 1 fully saturated rings. The fourth-order valence-corrected chi connectivity index (χ4v) is 2.63. The number of ketones is 1. The molecule has 1 saturated heterocycles. The lowest BCUT2D eigenvalue weighted by Crippen LogP contribution is -2.29. The Hall–Kier alpha value is -1.95. The molecule has 1 aromatic rings. The van der Waals surface area contributed by atoms with E-state index in [9.17, 15) is 14.9 Å². The quantitative estimate of drug-likeness (QED) is 0.474. The summed E-state index contributed by atoms with van der Waals surface area (Å²) in [6, 6.07) is 4.79. The van der Waals surface area contributed by atoms with Gasteiger partial charge in [0.05, 0.1) is 10.5 Å². The van der Waals surface area contributed by atoms with Crippen LogP contribution in [-0.2, 0) is 4.74 Å². The first kappa shape index (κ1) is 15.4. The van der Waals surface area contributed by atoms with Crippen LogP contribution in [0.25, 0.3) is 0 Å². The molecule has 0 spiro atoms. The second-order valence-electron chi connectivity index (χ2n) is 5.45. The van der Waals surface area contributed by atoms with Gasteiger partial charge >= 0.3 is 0 Å². The number of nitro benzene ring substituents is 1. The molecule has 21 heavy (non-hydrogen) atoms. The maximum absolute atomic E-state index is 11.4. The number of benzene rings is 1. The first-order chi connectivity index (χ1) is 9.99. The SMILES string of the molecule is CC(=O)c1ccc(N(C)CC2CCOCC2)cc1[N+](=O)[O-]. The molecule has 0 aromatic heterocycles. The average Bonchev–Trinajstić information content (AvgIpc) is 2.47. The summed E-state index contributed by atoms with van der Waals surface area (Å²) >= 11 is 0. The minimum atomic E-state index is -0.497. The molecule has 0 N–H and O–H groups in total. The molecule has 0 unspecified atom stereocenters. The standard InChI is InChI=1S/C15H20N2O4/c1-11(18)14-4-3-13(9-15(14)17(19)20)16(2)10-12-5-7-21-8-6-12/h3-4,9,12H,5-8,10H2,1-2H3. The van der Waals surface area contributed by atoms with E-state index in [2.05, 4.69) is 0 Å². The molecule has 0 aliphatic carbocycles. The monoisotopic (exact) mass is 292 g/mol. The van der Waals surface area contributed by atoms with Gasteiger partial charge in [-0.2, -0.15) is 0 Å². The zero-order valence-corrected chi connectivity index (χ0v) is 12.4. The molecule has 0 saturated carbocycles. The van der Waals surface area contributed by atoms with Crippen molar-refractivity contribution in [2.24, 2.45) is 5.92 Å². The fourth-order valence-electron chi connectivity index (χ4n) is 2.63. The van der Waals surface area contributed by atoms with Crippen LogP contribution in [0.4, 0.5) is 11.4 Å². The summed E-state index contributed by atoms with van der Waals surface area (Å²) < 4.78 is 5.33. The first-order valence-corrected chi connectivity index (χ1v) is 7.07. The normalized spacial score (nSPS) is 15.7. The predicted molar refractivity (Wildman–Crippen MR) is 79.9 cm³/mol. The Morgan fingerprint density at radius 1 is 1.43 bits per heavy atom. The van der Waals surface area contributed by atoms with E-state index in [-0.39, 0.29) is 17.0 Å². The molecule has 0 amide bonds. The third kappa shape index (κ3) is 3.78. The number of ether oxygens (including phenoxy) is 1. The zero-order chi connectivity index (χ0) is 15.4. The van der Waals surface area contributed by atoms with Crippen LogP contribution in [-0.4, -0.2) is 37.5 Å². The Bertz CT molecular complexity index is 538. The van der Waals surface area contributed by atoms with E-state index < -0.39 is 4.92 Å². The molecular weight excluding hydrogens is 272 g/mol. The van der Waals surface area contributed by atoms with Gasteiger partial charge in [-0.1, -0.05) is 0 Å². The Morgan fingerprint density at radius 3 is 2.67 bits per heavy atom. The molecule has 0 radical (unpaired) electrons. The summed E-state index contributed by atoms with van der Waals surface area (Å²) in [7, 11) is 1.92. The molecule has 1 aromatic carbocycles. The maximum Gasteiger partial charge on any atom is 0.282 e. The van der Waals surface area contributed by atoms with Crippen LogP contribution in [0.5, 0.6) is 0 Å². The average molecular weight is 292 g/mol. The summed E-state index contributed by atoms with van der Waals surface area (Å²) in [4.78, 5) is 24.1. The van der Waals surface area contributed by atoms with Gasteiger partial charge in [-0.25, -0.2) is 0 Å². The third-order valence-electron chi connectivity index (χ3n) is 3.87. The van der Waals surface area contributed by atoms with Gasteiger partial charge in [-0.3, -0.25) is 14.9 Å². The first-order valence-electron chi connectivity index (χ1n) is 7.07. The second-order valence-corrected chi connectivity index (χ2v) is 5.45. The number of rotatable bonds is 5. The van der Waals surface area contributed by atoms with Crippen molar-refractivity contribution in [3.05, 3.63) is 33.9 Å². The molecule has 114 valence electrons. The van der Waals surface area contributed by atoms with Crippen LogP contribution in [0.15, 0.2) is 18.2 Å². The largest absolute Gasteiger partial charge is 0.381 e. The lowest BCUT2D eigenvalue weighted by molar-refractivity contribution is -0.385. The van der Waals surface area contributed by atoms with Crippen LogP contribution >= 0.6 is 0 Å². The van der Waals surface area contributed by atoms with Crippen molar-refractivity contribution in [3.8, 4) is 0 Å². The van der Waals surface area contributed by atoms with Crippen molar-refractivity contribution in [3.63, 3.8) is 0 Å². The highest BCUT2D eigenvalue weighted by Gasteiger charge is 2.21. The van der Waals surface area contributed by atoms with E-state index in [1.807, 2.05) is 11.9 Å². The van der Waals surface area contributed by atoms with Gasteiger partial charge in [0.25, 0.3) is 5.69 Å². The topological polar surface area (TPSA) is 72.7 Å². The summed E-state index contributed by atoms with van der Waals surface area (Å²) in [5, 5.41) is 11.1. The molecule has 6 heteroatoms. The number of carbonyl (C=O) groups is 1. The summed E-state index contributed by atoms with van der Waals surface area (Å²) in [6.07, 6.45) is 2.02. The van der Waals surface area contributed by atoms with Crippen molar-refractivity contribution < 1.29 is 14.5 Å². The smallest absolute Gasteiger partial charge is 0.282 e. The molecule has 1 aliphatic rings. The highest BCUT2D eigenvalue weighted by atomic mass is 16.6. The van der Waals surface area contributed by atoms with Gasteiger partial charge in [-0.15, -0.1) is 0 Å². The highest BCUT2D eigenvalue weighted by Crippen LogP contribution is 2.27. The van der Waals surface area contributed by atoms with Crippen molar-refractivity contribution >= 4 is 17.2 Å². The Morgan fingerprint density at radius 2 is 2.10 bits per heavy atom. The molecule has 0 atom stereocenters. The summed E-state index contributed by atoms with van der Waals surface area (Å²) in [5.41, 5.74) is 0.792. The van der Waals surface area contributed by atoms with Gasteiger partial charge in [-0.05, 0) is 37.8 Å². The zero-order valence-electron chi connectivity index (χ0n) is 12.4. The van der Waals surface area contributed by atoms with Crippen molar-refractivity contribution in [2.45, 2.75) is 19.8 Å². The van der Waals surface area contributed by atoms with E-state index in [1.165, 1.54) is 19.1 Å². The molecule has 2 rings (SSSR count). The number of hydrogen-bond acceptors (Lipinski definition) is 5. The van der Waals surface area contributed by atoms with Crippen LogP contribution in [0.1, 0.15) is 30.1 Å². The number of carbonyl (C=O) groups excluding carboxylic acids is 1. The number of anilines is 1. The Balaban J connectivity index is 2.17. The number of Topliss-reactive ketones (excluding diaryl/α,β-unsaturated/α-hetero) is 1. The predicted octanol–water partition coefficient (Wildman–Crippen LogP) is 2.66. The van der Waals surface area contributed by atoms with E-state index in [0.29, 0.717) is 5.92 Å². The molecule has 1 heterocycles. The fraction of sp³-hybridized carbons (Fsp3) is 0.533. The van der Waals surface area contributed by atoms with Crippen LogP contribution in [0, 0.1) is 16.0 Å². The van der Waals surface area contributed by atoms with E-state index >= 15 is 0 Å². The minimum Gasteiger partial charge on any atom is -0.381 e. The second kappa shape index (κ2) is 6.67. The number of nitro groups is 1. The lowest BCUT2D eigenvalue weighted by Gasteiger charge is -2.28. The molecule has 0 bridgehead atoms. The highest BCUT2D eigenvalue weighted by molar-refractivity contribution is 5.98. The van der Waals surface area contributed by atoms with Crippen molar-refractivity contribution in [1.82, 2.24) is 0 Å². The van der Waals surface area contributed by atoms with Crippen molar-refractivity contribution in [2.75, 3.05) is 31.7 Å². The lowest BCUT2D eigenvalue weighted by atomic mass is 9.99. The van der Waals surface area contributed by atoms with Crippen LogP contribution in [0.3, 0.4) is 0 Å². The molecular formula is C15H20N2O4.